The van der Waals surface area contributed by atoms with Crippen LogP contribution in [-0.2, 0) is 58.9 Å². The van der Waals surface area contributed by atoms with E-state index in [0.29, 0.717) is 49.9 Å². The van der Waals surface area contributed by atoms with Crippen molar-refractivity contribution in [3.05, 3.63) is 47.6 Å². The van der Waals surface area contributed by atoms with E-state index in [1.165, 1.54) is 33.9 Å². The third-order valence-corrected chi connectivity index (χ3v) is 15.5. The van der Waals surface area contributed by atoms with Crippen LogP contribution in [0.15, 0.2) is 47.6 Å². The fourth-order valence-corrected chi connectivity index (χ4v) is 10.2. The molecule has 390 valence electrons. The summed E-state index contributed by atoms with van der Waals surface area (Å²) in [6, 6.07) is -2.05. The van der Waals surface area contributed by atoms with Gasteiger partial charge in [-0.2, -0.15) is 0 Å². The molecule has 0 spiro atoms. The van der Waals surface area contributed by atoms with E-state index in [1.807, 2.05) is 19.1 Å². The Labute approximate surface area is 412 Å². The number of rotatable bonds is 11. The number of fused-ring (bicyclic) bond motifs is 2. The number of methoxy groups -OCH3 is 2. The van der Waals surface area contributed by atoms with E-state index in [2.05, 4.69) is 4.72 Å². The molecule has 2 saturated carbocycles. The lowest BCUT2D eigenvalue weighted by atomic mass is 9.78. The Morgan fingerprint density at radius 3 is 2.25 bits per heavy atom. The second kappa shape index (κ2) is 27.5. The van der Waals surface area contributed by atoms with Gasteiger partial charge in [-0.3, -0.25) is 23.7 Å². The highest BCUT2D eigenvalue weighted by atomic mass is 32.2. The number of esters is 1. The summed E-state index contributed by atoms with van der Waals surface area (Å²) in [6.45, 7) is 12.4. The van der Waals surface area contributed by atoms with Gasteiger partial charge in [0.05, 0.1) is 18.3 Å². The molecule has 16 nitrogen and oxygen atoms in total. The number of ether oxygens (including phenoxy) is 5. The second-order valence-corrected chi connectivity index (χ2v) is 21.1. The monoisotopic (exact) mass is 991 g/mol. The fourth-order valence-electron chi connectivity index (χ4n) is 9.72. The number of hydrogen-bond acceptors (Lipinski definition) is 13. The van der Waals surface area contributed by atoms with Crippen molar-refractivity contribution in [2.24, 2.45) is 35.5 Å². The third-order valence-electron chi connectivity index (χ3n) is 15.0. The molecule has 2 bridgehead atoms. The second-order valence-electron chi connectivity index (χ2n) is 20.3. The molecule has 2 aliphatic carbocycles. The van der Waals surface area contributed by atoms with Gasteiger partial charge < -0.3 is 38.8 Å². The van der Waals surface area contributed by atoms with Crippen molar-refractivity contribution >= 4 is 40.5 Å². The summed E-state index contributed by atoms with van der Waals surface area (Å²) in [5.41, 5.74) is 1.02. The standard InChI is InChI=1S/C52H82N2O14S/c1-31-16-14-12-11-13-15-17-32(2)46(56)48(65-10)47(57)35(5)26-33(3)42(55)30-44(34(4)27-39-21-23-43(45(28-39)64-9)66-25-24-38-19-20-38)67-51(60)37(7)54(8)50(59)49(58)52(61)36(6)18-22-40(68-52)29-41(31)53-69(62)63/h11-14,16,26,32-34,36-41,43-45,47-48,53,57,61H,15,17-25,27-30H2,1-10H3,(H,62,63)/b13-11-,14-12-,31-16-,35-26-/t32?,33?,34-,36+,37?,39+,40-,41?,43-,44?,45-,47?,48?,52+/m1/s1. The molecule has 1 amide bonds. The molecule has 8 unspecified atom stereocenters. The Bertz CT molecular complexity index is 1900. The SMILES string of the molecule is COC1C(=O)C(C)CC\C=C/C=C\C=C(\C)C(NS(=O)O)C[C@H]2CC[C@H](C)[C@](O)(O2)C(=O)C(=O)N(C)C(C)C(=O)OC([C@H](C)C[C@@H]2CC[C@@H](OCCC3CC3)[C@H](OC)C2)CC(=O)C(C)/C=C(/C)C1O. The van der Waals surface area contributed by atoms with Gasteiger partial charge in [0.15, 0.2) is 5.78 Å². The number of allylic oxidation sites excluding steroid dienone is 6. The highest BCUT2D eigenvalue weighted by molar-refractivity contribution is 7.77. The zero-order valence-electron chi connectivity index (χ0n) is 42.6. The molecule has 4 rings (SSSR count). The maximum atomic E-state index is 14.1. The Kier molecular flexibility index (Phi) is 23.3. The first-order chi connectivity index (χ1) is 32.6. The minimum Gasteiger partial charge on any atom is -0.460 e. The third kappa shape index (κ3) is 16.9. The van der Waals surface area contributed by atoms with E-state index in [9.17, 15) is 42.9 Å². The van der Waals surface area contributed by atoms with Gasteiger partial charge in [-0.1, -0.05) is 82.6 Å². The number of likely N-dealkylation sites (N-methyl/N-ethyl adjacent to an activating group) is 1. The molecule has 15 atom stereocenters. The van der Waals surface area contributed by atoms with Gasteiger partial charge in [0.25, 0.3) is 11.7 Å². The van der Waals surface area contributed by atoms with E-state index in [4.69, 9.17) is 23.7 Å². The smallest absolute Gasteiger partial charge is 0.328 e. The van der Waals surface area contributed by atoms with Crippen LogP contribution in [0.4, 0.5) is 0 Å². The van der Waals surface area contributed by atoms with E-state index in [-0.39, 0.29) is 48.5 Å². The van der Waals surface area contributed by atoms with Crippen molar-refractivity contribution in [3.63, 3.8) is 0 Å². The predicted molar refractivity (Wildman–Crippen MR) is 261 cm³/mol. The van der Waals surface area contributed by atoms with Gasteiger partial charge >= 0.3 is 5.97 Å². The van der Waals surface area contributed by atoms with E-state index >= 15 is 0 Å². The molecule has 0 aromatic heterocycles. The molecular weight excluding hydrogens is 909 g/mol. The van der Waals surface area contributed by atoms with E-state index < -0.39 is 89.0 Å². The van der Waals surface area contributed by atoms with Gasteiger partial charge in [-0.05, 0) is 108 Å². The number of carbonyl (C=O) groups is 5. The van der Waals surface area contributed by atoms with Crippen molar-refractivity contribution in [1.82, 2.24) is 9.62 Å². The molecule has 4 N–H and O–H groups in total. The Balaban J connectivity index is 1.63. The number of carbonyl (C=O) groups excluding carboxylic acids is 5. The zero-order chi connectivity index (χ0) is 51.2. The van der Waals surface area contributed by atoms with Crippen LogP contribution in [0.2, 0.25) is 0 Å². The molecule has 0 aromatic carbocycles. The van der Waals surface area contributed by atoms with Crippen molar-refractivity contribution in [2.75, 3.05) is 27.9 Å². The molecule has 4 aliphatic rings. The number of Topliss-reactive ketones (excluding diaryl/α,β-unsaturated/α-hetero) is 3. The summed E-state index contributed by atoms with van der Waals surface area (Å²) in [4.78, 5) is 70.6. The highest BCUT2D eigenvalue weighted by Gasteiger charge is 2.52. The lowest BCUT2D eigenvalue weighted by Gasteiger charge is -2.41. The maximum Gasteiger partial charge on any atom is 0.328 e. The predicted octanol–water partition coefficient (Wildman–Crippen LogP) is 6.30. The Hall–Kier alpha value is -3.26. The number of nitrogens with one attached hydrogen (secondary N) is 1. The fraction of sp³-hybridized carbons (Fsp3) is 0.750. The molecule has 0 radical (unpaired) electrons. The largest absolute Gasteiger partial charge is 0.460 e. The van der Waals surface area contributed by atoms with Crippen LogP contribution < -0.4 is 4.72 Å². The first-order valence-corrected chi connectivity index (χ1v) is 26.1. The van der Waals surface area contributed by atoms with Gasteiger partial charge in [-0.25, -0.2) is 13.7 Å². The lowest BCUT2D eigenvalue weighted by molar-refractivity contribution is -0.263. The van der Waals surface area contributed by atoms with Crippen LogP contribution in [-0.4, -0.2) is 135 Å². The molecule has 17 heteroatoms. The Morgan fingerprint density at radius 2 is 1.59 bits per heavy atom. The summed E-state index contributed by atoms with van der Waals surface area (Å²) < 4.78 is 54.3. The van der Waals surface area contributed by atoms with Gasteiger partial charge in [0, 0.05) is 58.1 Å². The molecular formula is C52H82N2O14S. The van der Waals surface area contributed by atoms with Crippen LogP contribution in [0.3, 0.4) is 0 Å². The van der Waals surface area contributed by atoms with Crippen LogP contribution in [0.5, 0.6) is 0 Å². The average Bonchev–Trinajstić information content (AvgIpc) is 4.15. The zero-order valence-corrected chi connectivity index (χ0v) is 43.5. The van der Waals surface area contributed by atoms with Crippen molar-refractivity contribution in [2.45, 2.75) is 186 Å². The van der Waals surface area contributed by atoms with Gasteiger partial charge in [0.1, 0.15) is 30.1 Å². The molecule has 1 saturated heterocycles. The topological polar surface area (TPSA) is 225 Å². The maximum absolute atomic E-state index is 14.1. The summed E-state index contributed by atoms with van der Waals surface area (Å²) in [6.07, 6.45) is 14.3. The number of cyclic esters (lactones) is 1. The average molecular weight is 991 g/mol. The van der Waals surface area contributed by atoms with Crippen LogP contribution in [0.1, 0.15) is 132 Å². The van der Waals surface area contributed by atoms with Crippen LogP contribution in [0.25, 0.3) is 0 Å². The van der Waals surface area contributed by atoms with Gasteiger partial charge in [0.2, 0.25) is 17.1 Å². The summed E-state index contributed by atoms with van der Waals surface area (Å²) in [5.74, 6) is -7.89. The quantitative estimate of drug-likeness (QED) is 0.0772. The number of hydrogen-bond donors (Lipinski definition) is 4. The lowest BCUT2D eigenvalue weighted by Crippen LogP contribution is -2.59. The minimum absolute atomic E-state index is 0.0202. The molecule has 3 fully saturated rings. The first kappa shape index (κ1) is 58.3. The number of amides is 1. The van der Waals surface area contributed by atoms with Crippen LogP contribution in [0, 0.1) is 35.5 Å². The number of ketones is 3. The Morgan fingerprint density at radius 1 is 0.899 bits per heavy atom. The summed E-state index contributed by atoms with van der Waals surface area (Å²) in [7, 11) is 4.30. The molecule has 0 aromatic rings. The number of aliphatic hydroxyl groups is 2. The van der Waals surface area contributed by atoms with Crippen molar-refractivity contribution < 1.29 is 66.6 Å². The molecule has 2 heterocycles. The van der Waals surface area contributed by atoms with Crippen molar-refractivity contribution in [3.8, 4) is 0 Å². The molecule has 2 aliphatic heterocycles. The van der Waals surface area contributed by atoms with Crippen molar-refractivity contribution in [1.29, 1.82) is 0 Å². The van der Waals surface area contributed by atoms with Gasteiger partial charge in [-0.15, -0.1) is 0 Å². The highest BCUT2D eigenvalue weighted by Crippen LogP contribution is 2.38. The molecule has 69 heavy (non-hydrogen) atoms. The minimum atomic E-state index is -2.56. The number of aliphatic hydroxyl groups excluding tert-OH is 1. The summed E-state index contributed by atoms with van der Waals surface area (Å²) in [5, 5.41) is 23.2. The first-order valence-electron chi connectivity index (χ1n) is 25.0. The normalized spacial score (nSPS) is 38.3. The van der Waals surface area contributed by atoms with E-state index in [1.54, 1.807) is 66.0 Å². The van der Waals surface area contributed by atoms with E-state index in [0.717, 1.165) is 36.5 Å². The van der Waals surface area contributed by atoms with Crippen LogP contribution >= 0.6 is 0 Å². The summed E-state index contributed by atoms with van der Waals surface area (Å²) >= 11 is -2.43. The number of nitrogens with zero attached hydrogens (tertiary/aromatic N) is 1.